The summed E-state index contributed by atoms with van der Waals surface area (Å²) in [6.07, 6.45) is 0.0895. The minimum atomic E-state index is -0.794. The first kappa shape index (κ1) is 14.4. The molecule has 1 aromatic heterocycles. The lowest BCUT2D eigenvalue weighted by Gasteiger charge is -2.10. The second kappa shape index (κ2) is 6.43. The Labute approximate surface area is 122 Å². The summed E-state index contributed by atoms with van der Waals surface area (Å²) in [4.78, 5) is 12.6. The van der Waals surface area contributed by atoms with Gasteiger partial charge in [0.15, 0.2) is 0 Å². The predicted octanol–water partition coefficient (Wildman–Crippen LogP) is 3.30. The summed E-state index contributed by atoms with van der Waals surface area (Å²) < 4.78 is 5.17. The maximum Gasteiger partial charge on any atom is 0.308 e. The molecule has 1 aromatic carbocycles. The quantitative estimate of drug-likeness (QED) is 0.857. The van der Waals surface area contributed by atoms with Crippen molar-refractivity contribution in [3.8, 4) is 5.75 Å². The van der Waals surface area contributed by atoms with Crippen LogP contribution in [0.4, 0.5) is 5.69 Å². The highest BCUT2D eigenvalue weighted by atomic mass is 32.1. The number of aliphatic carboxylic acids is 1. The van der Waals surface area contributed by atoms with E-state index in [0.717, 1.165) is 26.8 Å². The molecule has 2 N–H and O–H groups in total. The summed E-state index contributed by atoms with van der Waals surface area (Å²) >= 11 is 1.53. The molecule has 0 bridgehead atoms. The number of hydrogen-bond acceptors (Lipinski definition) is 4. The van der Waals surface area contributed by atoms with E-state index >= 15 is 0 Å². The zero-order valence-corrected chi connectivity index (χ0v) is 12.3. The third-order valence-electron chi connectivity index (χ3n) is 2.93. The topological polar surface area (TPSA) is 58.6 Å². The van der Waals surface area contributed by atoms with Crippen LogP contribution in [0.3, 0.4) is 0 Å². The molecule has 5 heteroatoms. The summed E-state index contributed by atoms with van der Waals surface area (Å²) in [6.45, 7) is 2.71. The van der Waals surface area contributed by atoms with Crippen molar-refractivity contribution in [2.24, 2.45) is 0 Å². The molecule has 1 heterocycles. The van der Waals surface area contributed by atoms with Gasteiger partial charge in [0.2, 0.25) is 0 Å². The number of ether oxygens (including phenoxy) is 1. The molecule has 0 saturated carbocycles. The van der Waals surface area contributed by atoms with Crippen molar-refractivity contribution in [2.45, 2.75) is 19.9 Å². The summed E-state index contributed by atoms with van der Waals surface area (Å²) in [5.74, 6) is 0.0466. The van der Waals surface area contributed by atoms with E-state index in [0.29, 0.717) is 6.54 Å². The van der Waals surface area contributed by atoms with E-state index in [1.54, 1.807) is 7.11 Å². The summed E-state index contributed by atoms with van der Waals surface area (Å²) in [5.41, 5.74) is 2.17. The molecule has 2 rings (SSSR count). The van der Waals surface area contributed by atoms with Gasteiger partial charge >= 0.3 is 5.97 Å². The van der Waals surface area contributed by atoms with E-state index in [2.05, 4.69) is 5.32 Å². The van der Waals surface area contributed by atoms with E-state index in [-0.39, 0.29) is 6.42 Å². The number of rotatable bonds is 6. The molecule has 20 heavy (non-hydrogen) atoms. The summed E-state index contributed by atoms with van der Waals surface area (Å²) in [6, 6.07) is 9.72. The third-order valence-corrected chi connectivity index (χ3v) is 4.01. The van der Waals surface area contributed by atoms with Crippen molar-refractivity contribution in [2.75, 3.05) is 12.4 Å². The van der Waals surface area contributed by atoms with E-state index in [4.69, 9.17) is 9.84 Å². The van der Waals surface area contributed by atoms with Gasteiger partial charge < -0.3 is 15.2 Å². The van der Waals surface area contributed by atoms with Crippen molar-refractivity contribution < 1.29 is 14.6 Å². The van der Waals surface area contributed by atoms with Gasteiger partial charge in [0.1, 0.15) is 5.75 Å². The second-order valence-electron chi connectivity index (χ2n) is 4.47. The van der Waals surface area contributed by atoms with Crippen LogP contribution < -0.4 is 10.1 Å². The first-order chi connectivity index (χ1) is 9.58. The van der Waals surface area contributed by atoms with Gasteiger partial charge in [-0.25, -0.2) is 0 Å². The van der Waals surface area contributed by atoms with Crippen molar-refractivity contribution in [1.82, 2.24) is 0 Å². The molecule has 0 aliphatic carbocycles. The van der Waals surface area contributed by atoms with Crippen LogP contribution in [0.15, 0.2) is 30.3 Å². The fraction of sp³-hybridized carbons (Fsp3) is 0.267. The Bertz CT molecular complexity index is 607. The number of methoxy groups -OCH3 is 1. The van der Waals surface area contributed by atoms with Crippen LogP contribution in [-0.4, -0.2) is 18.2 Å². The normalized spacial score (nSPS) is 10.3. The fourth-order valence-corrected chi connectivity index (χ4v) is 2.85. The van der Waals surface area contributed by atoms with E-state index < -0.39 is 5.97 Å². The second-order valence-corrected chi connectivity index (χ2v) is 5.73. The Morgan fingerprint density at radius 3 is 2.70 bits per heavy atom. The number of carboxylic acid groups (broad SMARTS) is 1. The van der Waals surface area contributed by atoms with E-state index in [1.807, 2.05) is 37.3 Å². The summed E-state index contributed by atoms with van der Waals surface area (Å²) in [5, 5.41) is 12.1. The molecule has 0 radical (unpaired) electrons. The molecular weight excluding hydrogens is 274 g/mol. The maximum atomic E-state index is 10.6. The Kier molecular flexibility index (Phi) is 4.63. The Hall–Kier alpha value is -2.01. The highest BCUT2D eigenvalue weighted by Crippen LogP contribution is 2.23. The standard InChI is InChI=1S/C15H17NO3S/c1-10-7-11(19-2)3-6-14(10)16-9-13-5-4-12(20-13)8-15(17)18/h3-7,16H,8-9H2,1-2H3,(H,17,18). The molecule has 4 nitrogen and oxygen atoms in total. The lowest BCUT2D eigenvalue weighted by Crippen LogP contribution is -1.99. The predicted molar refractivity (Wildman–Crippen MR) is 80.7 cm³/mol. The Balaban J connectivity index is 1.98. The number of benzene rings is 1. The highest BCUT2D eigenvalue weighted by molar-refractivity contribution is 7.12. The molecule has 0 spiro atoms. The maximum absolute atomic E-state index is 10.6. The first-order valence-corrected chi connectivity index (χ1v) is 7.08. The molecule has 0 atom stereocenters. The molecule has 0 fully saturated rings. The number of carbonyl (C=O) groups is 1. The lowest BCUT2D eigenvalue weighted by atomic mass is 10.2. The molecule has 106 valence electrons. The molecule has 0 aliphatic rings. The van der Waals surface area contributed by atoms with Crippen molar-refractivity contribution in [1.29, 1.82) is 0 Å². The summed E-state index contributed by atoms with van der Waals surface area (Å²) in [7, 11) is 1.65. The van der Waals surface area contributed by atoms with Crippen LogP contribution in [0, 0.1) is 6.92 Å². The molecule has 2 aromatic rings. The first-order valence-electron chi connectivity index (χ1n) is 6.26. The van der Waals surface area contributed by atoms with Crippen LogP contribution in [0.25, 0.3) is 0 Å². The van der Waals surface area contributed by atoms with Gasteiger partial charge in [-0.2, -0.15) is 0 Å². The molecule has 0 amide bonds. The third kappa shape index (κ3) is 3.74. The zero-order valence-electron chi connectivity index (χ0n) is 11.5. The lowest BCUT2D eigenvalue weighted by molar-refractivity contribution is -0.136. The van der Waals surface area contributed by atoms with Crippen LogP contribution in [0.5, 0.6) is 5.75 Å². The average Bonchev–Trinajstić information content (AvgIpc) is 2.84. The van der Waals surface area contributed by atoms with Crippen LogP contribution in [0.1, 0.15) is 15.3 Å². The van der Waals surface area contributed by atoms with Gasteiger partial charge in [0, 0.05) is 22.0 Å². The van der Waals surface area contributed by atoms with E-state index in [1.165, 1.54) is 11.3 Å². The highest BCUT2D eigenvalue weighted by Gasteiger charge is 2.05. The molecule has 0 unspecified atom stereocenters. The molecule has 0 saturated heterocycles. The Morgan fingerprint density at radius 2 is 2.05 bits per heavy atom. The fourth-order valence-electron chi connectivity index (χ4n) is 1.91. The number of anilines is 1. The molecular formula is C15H17NO3S. The van der Waals surface area contributed by atoms with Gasteiger partial charge in [0.25, 0.3) is 0 Å². The van der Waals surface area contributed by atoms with Crippen LogP contribution in [0.2, 0.25) is 0 Å². The number of nitrogens with one attached hydrogen (secondary N) is 1. The minimum absolute atomic E-state index is 0.0895. The van der Waals surface area contributed by atoms with Gasteiger partial charge in [-0.1, -0.05) is 0 Å². The molecule has 0 aliphatic heterocycles. The monoisotopic (exact) mass is 291 g/mol. The Morgan fingerprint density at radius 1 is 1.30 bits per heavy atom. The number of hydrogen-bond donors (Lipinski definition) is 2. The van der Waals surface area contributed by atoms with Gasteiger partial charge in [-0.15, -0.1) is 11.3 Å². The van der Waals surface area contributed by atoms with Crippen molar-refractivity contribution >= 4 is 23.0 Å². The van der Waals surface area contributed by atoms with E-state index in [9.17, 15) is 4.79 Å². The average molecular weight is 291 g/mol. The van der Waals surface area contributed by atoms with Gasteiger partial charge in [-0.05, 0) is 42.8 Å². The number of carboxylic acids is 1. The van der Waals surface area contributed by atoms with Crippen molar-refractivity contribution in [3.05, 3.63) is 45.6 Å². The van der Waals surface area contributed by atoms with Crippen LogP contribution in [-0.2, 0) is 17.8 Å². The largest absolute Gasteiger partial charge is 0.497 e. The zero-order chi connectivity index (χ0) is 14.5. The number of aryl methyl sites for hydroxylation is 1. The van der Waals surface area contributed by atoms with Crippen molar-refractivity contribution in [3.63, 3.8) is 0 Å². The van der Waals surface area contributed by atoms with Crippen LogP contribution >= 0.6 is 11.3 Å². The SMILES string of the molecule is COc1ccc(NCc2ccc(CC(=O)O)s2)c(C)c1. The van der Waals surface area contributed by atoms with Gasteiger partial charge in [-0.3, -0.25) is 4.79 Å². The minimum Gasteiger partial charge on any atom is -0.497 e. The smallest absolute Gasteiger partial charge is 0.308 e. The number of thiophene rings is 1. The van der Waals surface area contributed by atoms with Gasteiger partial charge in [0.05, 0.1) is 13.5 Å².